The Labute approximate surface area is 143 Å². The number of hydrogen-bond acceptors (Lipinski definition) is 6. The number of thiazole rings is 1. The lowest BCUT2D eigenvalue weighted by molar-refractivity contribution is -0.118. The first-order valence-corrected chi connectivity index (χ1v) is 8.17. The number of amides is 1. The average molecular weight is 340 g/mol. The second-order valence-corrected chi connectivity index (χ2v) is 6.10. The summed E-state index contributed by atoms with van der Waals surface area (Å²) in [6, 6.07) is 13.1. The van der Waals surface area contributed by atoms with Gasteiger partial charge in [0.25, 0.3) is 0 Å². The summed E-state index contributed by atoms with van der Waals surface area (Å²) in [5, 5.41) is 15.6. The van der Waals surface area contributed by atoms with E-state index in [1.165, 1.54) is 0 Å². The maximum absolute atomic E-state index is 11.2. The molecule has 3 N–H and O–H groups in total. The predicted molar refractivity (Wildman–Crippen MR) is 94.8 cm³/mol. The molecule has 0 radical (unpaired) electrons. The van der Waals surface area contributed by atoms with Crippen molar-refractivity contribution >= 4 is 28.6 Å². The molecule has 24 heavy (non-hydrogen) atoms. The van der Waals surface area contributed by atoms with Crippen molar-refractivity contribution in [1.82, 2.24) is 9.97 Å². The third-order valence-corrected chi connectivity index (χ3v) is 4.21. The van der Waals surface area contributed by atoms with Gasteiger partial charge in [-0.2, -0.15) is 0 Å². The molecular weight excluding hydrogens is 324 g/mol. The van der Waals surface area contributed by atoms with Crippen LogP contribution in [0.3, 0.4) is 0 Å². The van der Waals surface area contributed by atoms with Gasteiger partial charge in [-0.1, -0.05) is 12.1 Å². The summed E-state index contributed by atoms with van der Waals surface area (Å²) in [5.74, 6) is -0.436. The number of benzene rings is 1. The second-order valence-electron chi connectivity index (χ2n) is 4.99. The smallest absolute Gasteiger partial charge is 0.250 e. The normalized spacial score (nSPS) is 10.4. The van der Waals surface area contributed by atoms with Crippen molar-refractivity contribution in [2.24, 2.45) is 0 Å². The van der Waals surface area contributed by atoms with E-state index in [1.54, 1.807) is 23.6 Å². The van der Waals surface area contributed by atoms with E-state index < -0.39 is 12.5 Å². The first-order valence-electron chi connectivity index (χ1n) is 7.35. The number of nitrogens with zero attached hydrogens (tertiary/aromatic N) is 2. The third-order valence-electron chi connectivity index (χ3n) is 3.19. The summed E-state index contributed by atoms with van der Waals surface area (Å²) in [5.41, 5.74) is 2.37. The molecule has 2 heterocycles. The van der Waals surface area contributed by atoms with E-state index in [0.29, 0.717) is 12.2 Å². The minimum Gasteiger partial charge on any atom is -0.387 e. The van der Waals surface area contributed by atoms with Gasteiger partial charge < -0.3 is 15.7 Å². The molecule has 0 spiro atoms. The van der Waals surface area contributed by atoms with Crippen LogP contribution in [0.2, 0.25) is 0 Å². The maximum Gasteiger partial charge on any atom is 0.250 e. The van der Waals surface area contributed by atoms with Crippen LogP contribution in [0.1, 0.15) is 4.88 Å². The molecule has 0 aliphatic rings. The van der Waals surface area contributed by atoms with Crippen LogP contribution in [0.15, 0.2) is 54.9 Å². The van der Waals surface area contributed by atoms with Gasteiger partial charge in [0.1, 0.15) is 11.6 Å². The Morgan fingerprint density at radius 3 is 2.79 bits per heavy atom. The Morgan fingerprint density at radius 2 is 2.00 bits per heavy atom. The van der Waals surface area contributed by atoms with Gasteiger partial charge >= 0.3 is 0 Å². The van der Waals surface area contributed by atoms with E-state index in [-0.39, 0.29) is 0 Å². The Morgan fingerprint density at radius 1 is 1.12 bits per heavy atom. The first kappa shape index (κ1) is 16.1. The van der Waals surface area contributed by atoms with Gasteiger partial charge in [0, 0.05) is 28.6 Å². The lowest BCUT2D eigenvalue weighted by Gasteiger charge is -2.08. The zero-order chi connectivity index (χ0) is 16.8. The number of nitrogens with one attached hydrogen (secondary N) is 2. The molecule has 0 saturated heterocycles. The number of anilines is 2. The molecule has 3 aromatic rings. The highest BCUT2D eigenvalue weighted by Crippen LogP contribution is 2.24. The monoisotopic (exact) mass is 340 g/mol. The Hall–Kier alpha value is -2.77. The van der Waals surface area contributed by atoms with Crippen molar-refractivity contribution in [3.63, 3.8) is 0 Å². The number of rotatable bonds is 6. The van der Waals surface area contributed by atoms with Crippen LogP contribution in [0.4, 0.5) is 11.4 Å². The molecule has 0 atom stereocenters. The molecular formula is C17H16N4O2S. The first-order chi connectivity index (χ1) is 11.7. The van der Waals surface area contributed by atoms with Gasteiger partial charge in [0.2, 0.25) is 5.91 Å². The fourth-order valence-corrected chi connectivity index (χ4v) is 2.92. The molecule has 7 heteroatoms. The van der Waals surface area contributed by atoms with Crippen LogP contribution >= 0.6 is 11.3 Å². The summed E-state index contributed by atoms with van der Waals surface area (Å²) in [6.45, 7) is 0.0940. The molecule has 0 fully saturated rings. The van der Waals surface area contributed by atoms with Gasteiger partial charge in [-0.05, 0) is 30.3 Å². The SMILES string of the molecule is O=C(CO)Nc1cccc(NCc2cnc(-c3ccccn3)s2)c1. The van der Waals surface area contributed by atoms with E-state index in [1.807, 2.05) is 42.6 Å². The lowest BCUT2D eigenvalue weighted by Crippen LogP contribution is -2.15. The van der Waals surface area contributed by atoms with Gasteiger partial charge in [-0.25, -0.2) is 4.98 Å². The summed E-state index contributed by atoms with van der Waals surface area (Å²) in [7, 11) is 0. The van der Waals surface area contributed by atoms with Crippen molar-refractivity contribution in [2.45, 2.75) is 6.54 Å². The average Bonchev–Trinajstić information content (AvgIpc) is 3.10. The van der Waals surface area contributed by atoms with Gasteiger partial charge in [0.15, 0.2) is 0 Å². The topological polar surface area (TPSA) is 87.1 Å². The number of carbonyl (C=O) groups excluding carboxylic acids is 1. The summed E-state index contributed by atoms with van der Waals surface area (Å²) < 4.78 is 0. The number of aliphatic hydroxyl groups excluding tert-OH is 1. The van der Waals surface area contributed by atoms with Gasteiger partial charge in [-0.15, -0.1) is 11.3 Å². The highest BCUT2D eigenvalue weighted by molar-refractivity contribution is 7.15. The van der Waals surface area contributed by atoms with E-state index in [4.69, 9.17) is 5.11 Å². The molecule has 0 bridgehead atoms. The minimum atomic E-state index is -0.533. The Bertz CT molecular complexity index is 820. The van der Waals surface area contributed by atoms with Crippen molar-refractivity contribution < 1.29 is 9.90 Å². The Balaban J connectivity index is 1.63. The van der Waals surface area contributed by atoms with Crippen LogP contribution in [0.25, 0.3) is 10.7 Å². The molecule has 0 unspecified atom stereocenters. The van der Waals surface area contributed by atoms with Crippen molar-refractivity contribution in [3.05, 3.63) is 59.7 Å². The highest BCUT2D eigenvalue weighted by Gasteiger charge is 2.06. The van der Waals surface area contributed by atoms with Gasteiger partial charge in [-0.3, -0.25) is 9.78 Å². The lowest BCUT2D eigenvalue weighted by atomic mass is 10.2. The van der Waals surface area contributed by atoms with Crippen LogP contribution in [-0.2, 0) is 11.3 Å². The van der Waals surface area contributed by atoms with Crippen LogP contribution in [0.5, 0.6) is 0 Å². The molecule has 0 saturated carbocycles. The molecule has 0 aliphatic carbocycles. The number of pyridine rings is 1. The Kier molecular flexibility index (Phi) is 5.15. The van der Waals surface area contributed by atoms with Crippen LogP contribution in [-0.4, -0.2) is 27.6 Å². The number of carbonyl (C=O) groups is 1. The fraction of sp³-hybridized carbons (Fsp3) is 0.118. The standard InChI is InChI=1S/C17H16N4O2S/c22-11-16(23)21-13-5-3-4-12(8-13)19-9-14-10-20-17(24-14)15-6-1-2-7-18-15/h1-8,10,19,22H,9,11H2,(H,21,23). The minimum absolute atomic E-state index is 0.436. The molecule has 3 rings (SSSR count). The molecule has 6 nitrogen and oxygen atoms in total. The highest BCUT2D eigenvalue weighted by atomic mass is 32.1. The van der Waals surface area contributed by atoms with Crippen LogP contribution < -0.4 is 10.6 Å². The molecule has 122 valence electrons. The second kappa shape index (κ2) is 7.67. The summed E-state index contributed by atoms with van der Waals surface area (Å²) in [4.78, 5) is 21.0. The molecule has 2 aromatic heterocycles. The zero-order valence-electron chi connectivity index (χ0n) is 12.8. The molecule has 1 amide bonds. The fourth-order valence-electron chi connectivity index (χ4n) is 2.09. The van der Waals surface area contributed by atoms with E-state index >= 15 is 0 Å². The molecule has 1 aromatic carbocycles. The predicted octanol–water partition coefficient (Wildman–Crippen LogP) is 2.75. The van der Waals surface area contributed by atoms with Crippen molar-refractivity contribution in [1.29, 1.82) is 0 Å². The van der Waals surface area contributed by atoms with Crippen molar-refractivity contribution in [2.75, 3.05) is 17.2 Å². The number of aliphatic hydroxyl groups is 1. The zero-order valence-corrected chi connectivity index (χ0v) is 13.6. The number of hydrogen-bond donors (Lipinski definition) is 3. The molecule has 0 aliphatic heterocycles. The van der Waals surface area contributed by atoms with E-state index in [0.717, 1.165) is 21.3 Å². The summed E-state index contributed by atoms with van der Waals surface area (Å²) in [6.07, 6.45) is 3.58. The largest absolute Gasteiger partial charge is 0.387 e. The maximum atomic E-state index is 11.2. The van der Waals surface area contributed by atoms with Crippen molar-refractivity contribution in [3.8, 4) is 10.7 Å². The van der Waals surface area contributed by atoms with Gasteiger partial charge in [0.05, 0.1) is 12.2 Å². The quantitative estimate of drug-likeness (QED) is 0.642. The summed E-state index contributed by atoms with van der Waals surface area (Å²) >= 11 is 1.58. The van der Waals surface area contributed by atoms with E-state index in [9.17, 15) is 4.79 Å². The number of aromatic nitrogens is 2. The van der Waals surface area contributed by atoms with Crippen LogP contribution in [0, 0.1) is 0 Å². The third kappa shape index (κ3) is 4.15. The van der Waals surface area contributed by atoms with E-state index in [2.05, 4.69) is 20.6 Å².